The number of Topliss-reactive ketones (excluding diaryl/α,β-unsaturated/α-hetero) is 1. The number of fused-ring (bicyclic) bond motifs is 1. The van der Waals surface area contributed by atoms with Crippen LogP contribution in [0.4, 0.5) is 5.82 Å². The maximum absolute atomic E-state index is 12.9. The van der Waals surface area contributed by atoms with Crippen LogP contribution in [0.5, 0.6) is 0 Å². The van der Waals surface area contributed by atoms with Crippen molar-refractivity contribution >= 4 is 40.4 Å². The van der Waals surface area contributed by atoms with Crippen molar-refractivity contribution in [2.24, 2.45) is 0 Å². The van der Waals surface area contributed by atoms with E-state index in [-0.39, 0.29) is 36.9 Å². The first-order valence-corrected chi connectivity index (χ1v) is 11.3. The maximum Gasteiger partial charge on any atom is 0.338 e. The summed E-state index contributed by atoms with van der Waals surface area (Å²) in [6.45, 7) is 4.80. The van der Waals surface area contributed by atoms with E-state index in [1.807, 2.05) is 11.5 Å². The van der Waals surface area contributed by atoms with Crippen molar-refractivity contribution in [2.45, 2.75) is 32.1 Å². The first-order chi connectivity index (χ1) is 15.8. The third kappa shape index (κ3) is 5.01. The minimum Gasteiger partial charge on any atom is -0.462 e. The molecule has 2 heterocycles. The number of nitrogens with one attached hydrogen (secondary N) is 1. The van der Waals surface area contributed by atoms with Crippen molar-refractivity contribution in [1.29, 1.82) is 0 Å². The average molecular weight is 476 g/mol. The number of anilines is 1. The number of aromatic amines is 1. The number of ether oxygens (including phenoxy) is 2. The van der Waals surface area contributed by atoms with Crippen LogP contribution in [-0.4, -0.2) is 56.9 Å². The lowest BCUT2D eigenvalue weighted by atomic mass is 10.2. The molecule has 11 nitrogen and oxygen atoms in total. The van der Waals surface area contributed by atoms with E-state index in [0.29, 0.717) is 22.8 Å². The fourth-order valence-electron chi connectivity index (χ4n) is 3.33. The summed E-state index contributed by atoms with van der Waals surface area (Å²) >= 11 is 1.14. The number of aromatic nitrogens is 4. The zero-order valence-electron chi connectivity index (χ0n) is 18.5. The number of nitrogens with zero attached hydrogens (tertiary/aromatic N) is 3. The van der Waals surface area contributed by atoms with Crippen LogP contribution < -0.4 is 17.0 Å². The topological polar surface area (TPSA) is 151 Å². The van der Waals surface area contributed by atoms with Gasteiger partial charge in [-0.2, -0.15) is 0 Å². The van der Waals surface area contributed by atoms with Gasteiger partial charge in [0.1, 0.15) is 11.4 Å². The molecule has 3 aromatic rings. The molecule has 0 saturated heterocycles. The number of esters is 1. The van der Waals surface area contributed by atoms with Crippen LogP contribution in [0.15, 0.2) is 32.9 Å². The zero-order chi connectivity index (χ0) is 24.1. The number of methoxy groups -OCH3 is 1. The molecule has 0 atom stereocenters. The molecule has 0 spiro atoms. The molecule has 0 fully saturated rings. The highest BCUT2D eigenvalue weighted by Gasteiger charge is 2.21. The molecule has 0 unspecified atom stereocenters. The monoisotopic (exact) mass is 475 g/mol. The van der Waals surface area contributed by atoms with Gasteiger partial charge in [-0.15, -0.1) is 0 Å². The van der Waals surface area contributed by atoms with Gasteiger partial charge < -0.3 is 19.8 Å². The number of hydrogen-bond acceptors (Lipinski definition) is 9. The quantitative estimate of drug-likeness (QED) is 0.251. The van der Waals surface area contributed by atoms with Crippen molar-refractivity contribution in [3.63, 3.8) is 0 Å². The van der Waals surface area contributed by atoms with Gasteiger partial charge in [0.25, 0.3) is 5.56 Å². The number of hydrogen-bond donors (Lipinski definition) is 2. The normalized spacial score (nSPS) is 11.1. The number of ketones is 1. The number of carbonyl (C=O) groups is 2. The Kier molecular flexibility index (Phi) is 7.71. The molecule has 1 aromatic carbocycles. The predicted octanol–water partition coefficient (Wildman–Crippen LogP) is 1.29. The number of nitrogen functional groups attached to an aromatic ring is 1. The van der Waals surface area contributed by atoms with Gasteiger partial charge in [0.05, 0.1) is 42.1 Å². The van der Waals surface area contributed by atoms with Crippen LogP contribution in [0.1, 0.15) is 34.6 Å². The Morgan fingerprint density at radius 1 is 1.21 bits per heavy atom. The summed E-state index contributed by atoms with van der Waals surface area (Å²) < 4.78 is 13.0. The van der Waals surface area contributed by atoms with E-state index in [0.717, 1.165) is 21.8 Å². The van der Waals surface area contributed by atoms with Gasteiger partial charge in [0.15, 0.2) is 10.9 Å². The Labute approximate surface area is 192 Å². The molecule has 33 heavy (non-hydrogen) atoms. The second kappa shape index (κ2) is 10.5. The third-order valence-corrected chi connectivity index (χ3v) is 5.89. The second-order valence-corrected chi connectivity index (χ2v) is 7.88. The van der Waals surface area contributed by atoms with Crippen molar-refractivity contribution in [3.05, 3.63) is 50.2 Å². The maximum atomic E-state index is 12.9. The number of nitrogens with two attached hydrogens (primary N) is 1. The van der Waals surface area contributed by atoms with Crippen LogP contribution in [0.3, 0.4) is 0 Å². The number of thioether (sulfide) groups is 1. The molecule has 0 saturated carbocycles. The molecule has 3 rings (SSSR count). The van der Waals surface area contributed by atoms with Gasteiger partial charge >= 0.3 is 11.7 Å². The largest absolute Gasteiger partial charge is 0.462 e. The minimum absolute atomic E-state index is 0.0970. The van der Waals surface area contributed by atoms with Crippen LogP contribution >= 0.6 is 11.8 Å². The molecule has 12 heteroatoms. The summed E-state index contributed by atoms with van der Waals surface area (Å²) in [5.74, 6) is -1.29. The first kappa shape index (κ1) is 24.3. The fraction of sp³-hybridized carbons (Fsp3) is 0.381. The smallest absolute Gasteiger partial charge is 0.338 e. The number of carbonyl (C=O) groups excluding carboxylic acids is 2. The Morgan fingerprint density at radius 3 is 2.64 bits per heavy atom. The molecule has 0 bridgehead atoms. The number of aryl methyl sites for hydroxylation is 1. The number of benzene rings is 1. The van der Waals surface area contributed by atoms with Crippen molar-refractivity contribution in [2.75, 3.05) is 31.8 Å². The standard InChI is InChI=1S/C21H25N5O6S/c1-4-25-14-7-6-12(19(29)32-5-2)10-13(14)23-21(25)33-11-15(27)16-17(22)26(8-9-31-3)20(30)24-18(16)28/h6-7,10H,4-5,8-9,11,22H2,1-3H3,(H,24,28,30). The lowest BCUT2D eigenvalue weighted by Crippen LogP contribution is -2.37. The van der Waals surface area contributed by atoms with Crippen molar-refractivity contribution < 1.29 is 19.1 Å². The number of imidazole rings is 1. The third-order valence-electron chi connectivity index (χ3n) is 4.91. The number of rotatable bonds is 10. The molecule has 3 N–H and O–H groups in total. The Hall–Kier alpha value is -3.38. The van der Waals surface area contributed by atoms with E-state index in [2.05, 4.69) is 9.97 Å². The van der Waals surface area contributed by atoms with Crippen molar-refractivity contribution in [3.8, 4) is 0 Å². The van der Waals surface area contributed by atoms with Gasteiger partial charge in [0, 0.05) is 13.7 Å². The molecule has 0 aliphatic heterocycles. The SMILES string of the molecule is CCOC(=O)c1ccc2c(c1)nc(SCC(=O)c1c(N)n(CCOC)c(=O)[nH]c1=O)n2CC. The summed E-state index contributed by atoms with van der Waals surface area (Å²) in [5, 5.41) is 0.546. The highest BCUT2D eigenvalue weighted by atomic mass is 32.2. The molecule has 176 valence electrons. The molecule has 0 aliphatic rings. The van der Waals surface area contributed by atoms with E-state index in [1.54, 1.807) is 25.1 Å². The number of H-pyrrole nitrogens is 1. The Balaban J connectivity index is 1.88. The Morgan fingerprint density at radius 2 is 1.97 bits per heavy atom. The van der Waals surface area contributed by atoms with E-state index < -0.39 is 23.0 Å². The van der Waals surface area contributed by atoms with E-state index in [1.165, 1.54) is 7.11 Å². The molecule has 0 aliphatic carbocycles. The van der Waals surface area contributed by atoms with Crippen molar-refractivity contribution in [1.82, 2.24) is 19.1 Å². The summed E-state index contributed by atoms with van der Waals surface area (Å²) in [6.07, 6.45) is 0. The Bertz CT molecular complexity index is 1310. The van der Waals surface area contributed by atoms with Crippen LogP contribution in [-0.2, 0) is 22.6 Å². The van der Waals surface area contributed by atoms with Gasteiger partial charge in [-0.3, -0.25) is 19.1 Å². The minimum atomic E-state index is -0.833. The molecular formula is C21H25N5O6S. The molecule has 0 amide bonds. The van der Waals surface area contributed by atoms with Gasteiger partial charge in [-0.1, -0.05) is 11.8 Å². The molecule has 2 aromatic heterocycles. The van der Waals surface area contributed by atoms with E-state index >= 15 is 0 Å². The highest BCUT2D eigenvalue weighted by Crippen LogP contribution is 2.26. The van der Waals surface area contributed by atoms with Crippen LogP contribution in [0, 0.1) is 0 Å². The fourth-order valence-corrected chi connectivity index (χ4v) is 4.28. The van der Waals surface area contributed by atoms with Crippen LogP contribution in [0.25, 0.3) is 11.0 Å². The second-order valence-electron chi connectivity index (χ2n) is 6.94. The zero-order valence-corrected chi connectivity index (χ0v) is 19.4. The molecule has 0 radical (unpaired) electrons. The van der Waals surface area contributed by atoms with E-state index in [4.69, 9.17) is 15.2 Å². The predicted molar refractivity (Wildman–Crippen MR) is 124 cm³/mol. The van der Waals surface area contributed by atoms with Gasteiger partial charge in [-0.25, -0.2) is 14.6 Å². The summed E-state index contributed by atoms with van der Waals surface area (Å²) in [5.41, 5.74) is 5.93. The summed E-state index contributed by atoms with van der Waals surface area (Å²) in [6, 6.07) is 5.08. The highest BCUT2D eigenvalue weighted by molar-refractivity contribution is 7.99. The van der Waals surface area contributed by atoms with Gasteiger partial charge in [-0.05, 0) is 32.0 Å². The van der Waals surface area contributed by atoms with Crippen LogP contribution in [0.2, 0.25) is 0 Å². The first-order valence-electron chi connectivity index (χ1n) is 10.3. The van der Waals surface area contributed by atoms with E-state index in [9.17, 15) is 19.2 Å². The average Bonchev–Trinajstić information content (AvgIpc) is 3.14. The lowest BCUT2D eigenvalue weighted by molar-refractivity contribution is 0.0526. The molecular weight excluding hydrogens is 450 g/mol. The summed E-state index contributed by atoms with van der Waals surface area (Å²) in [7, 11) is 1.46. The lowest BCUT2D eigenvalue weighted by Gasteiger charge is -2.11. The van der Waals surface area contributed by atoms with Gasteiger partial charge in [0.2, 0.25) is 0 Å². The summed E-state index contributed by atoms with van der Waals surface area (Å²) in [4.78, 5) is 55.9.